The summed E-state index contributed by atoms with van der Waals surface area (Å²) in [5.74, 6) is 0.747. The highest BCUT2D eigenvalue weighted by atomic mass is 35.5. The maximum Gasteiger partial charge on any atom is 0.216 e. The van der Waals surface area contributed by atoms with E-state index in [4.69, 9.17) is 16.3 Å². The lowest BCUT2D eigenvalue weighted by Gasteiger charge is -2.26. The molecule has 0 aliphatic heterocycles. The molecule has 1 fully saturated rings. The van der Waals surface area contributed by atoms with Crippen LogP contribution in [-0.4, -0.2) is 25.9 Å². The minimum Gasteiger partial charge on any atom is -0.474 e. The zero-order chi connectivity index (χ0) is 15.8. The smallest absolute Gasteiger partial charge is 0.216 e. The van der Waals surface area contributed by atoms with Crippen molar-refractivity contribution in [3.63, 3.8) is 0 Å². The molecule has 0 amide bonds. The highest BCUT2D eigenvalue weighted by molar-refractivity contribution is 6.34. The monoisotopic (exact) mass is 328 g/mol. The van der Waals surface area contributed by atoms with E-state index in [1.807, 2.05) is 30.1 Å². The molecule has 3 aromatic rings. The number of nitrogens with zero attached hydrogens (tertiary/aromatic N) is 4. The van der Waals surface area contributed by atoms with Crippen molar-refractivity contribution < 1.29 is 4.74 Å². The molecule has 0 aromatic carbocycles. The van der Waals surface area contributed by atoms with Crippen LogP contribution in [0, 0.1) is 6.92 Å². The van der Waals surface area contributed by atoms with E-state index in [9.17, 15) is 0 Å². The second kappa shape index (κ2) is 5.81. The van der Waals surface area contributed by atoms with Gasteiger partial charge in [-0.05, 0) is 43.9 Å². The molecule has 1 aliphatic carbocycles. The number of halogens is 1. The largest absolute Gasteiger partial charge is 0.474 e. The molecule has 6 heteroatoms. The van der Waals surface area contributed by atoms with Crippen LogP contribution in [0.4, 0.5) is 0 Å². The number of ether oxygens (including phenoxy) is 1. The van der Waals surface area contributed by atoms with Crippen molar-refractivity contribution >= 4 is 22.5 Å². The molecule has 0 atom stereocenters. The average molecular weight is 329 g/mol. The predicted octanol–water partition coefficient (Wildman–Crippen LogP) is 3.77. The average Bonchev–Trinajstić information content (AvgIpc) is 2.88. The number of rotatable bonds is 4. The van der Waals surface area contributed by atoms with Gasteiger partial charge in [-0.1, -0.05) is 11.6 Å². The van der Waals surface area contributed by atoms with E-state index in [-0.39, 0.29) is 0 Å². The maximum atomic E-state index is 6.09. The van der Waals surface area contributed by atoms with Crippen molar-refractivity contribution in [3.05, 3.63) is 47.0 Å². The van der Waals surface area contributed by atoms with Gasteiger partial charge in [-0.15, -0.1) is 0 Å². The first-order valence-electron chi connectivity index (χ1n) is 7.79. The van der Waals surface area contributed by atoms with Crippen LogP contribution in [0.15, 0.2) is 30.7 Å². The summed E-state index contributed by atoms with van der Waals surface area (Å²) in [4.78, 5) is 8.54. The van der Waals surface area contributed by atoms with Crippen molar-refractivity contribution in [2.45, 2.75) is 38.8 Å². The second-order valence-corrected chi connectivity index (χ2v) is 6.36. The van der Waals surface area contributed by atoms with E-state index in [1.165, 1.54) is 6.42 Å². The number of aromatic nitrogens is 4. The number of fused-ring (bicyclic) bond motifs is 1. The van der Waals surface area contributed by atoms with Gasteiger partial charge in [0.2, 0.25) is 5.88 Å². The molecule has 1 aliphatic rings. The molecule has 118 valence electrons. The maximum absolute atomic E-state index is 6.09. The number of hydrogen-bond acceptors (Lipinski definition) is 4. The molecular weight excluding hydrogens is 312 g/mol. The van der Waals surface area contributed by atoms with Gasteiger partial charge < -0.3 is 4.74 Å². The third kappa shape index (κ3) is 2.88. The highest BCUT2D eigenvalue weighted by Gasteiger charge is 2.20. The first-order valence-corrected chi connectivity index (χ1v) is 8.17. The Morgan fingerprint density at radius 1 is 1.35 bits per heavy atom. The lowest BCUT2D eigenvalue weighted by molar-refractivity contribution is 0.113. The number of aryl methyl sites for hydroxylation is 1. The summed E-state index contributed by atoms with van der Waals surface area (Å²) in [7, 11) is 0. The van der Waals surface area contributed by atoms with E-state index in [0.717, 1.165) is 40.8 Å². The van der Waals surface area contributed by atoms with Crippen molar-refractivity contribution in [2.75, 3.05) is 0 Å². The van der Waals surface area contributed by atoms with Gasteiger partial charge in [-0.3, -0.25) is 4.68 Å². The third-order valence-electron chi connectivity index (χ3n) is 4.19. The summed E-state index contributed by atoms with van der Waals surface area (Å²) in [5.41, 5.74) is 2.99. The SMILES string of the molecule is Cc1cc(Cn2cc3c(Cl)nccc3n2)cnc1OC1CCC1. The minimum absolute atomic E-state index is 0.345. The van der Waals surface area contributed by atoms with Crippen LogP contribution >= 0.6 is 11.6 Å². The molecule has 3 aromatic heterocycles. The molecule has 0 spiro atoms. The summed E-state index contributed by atoms with van der Waals surface area (Å²) in [5, 5.41) is 5.87. The number of hydrogen-bond donors (Lipinski definition) is 0. The Morgan fingerprint density at radius 2 is 2.22 bits per heavy atom. The molecule has 0 radical (unpaired) electrons. The molecule has 23 heavy (non-hydrogen) atoms. The van der Waals surface area contributed by atoms with Gasteiger partial charge in [-0.25, -0.2) is 9.97 Å². The summed E-state index contributed by atoms with van der Waals surface area (Å²) in [6.45, 7) is 2.67. The number of pyridine rings is 2. The van der Waals surface area contributed by atoms with E-state index in [0.29, 0.717) is 17.8 Å². The Hall–Kier alpha value is -2.14. The van der Waals surface area contributed by atoms with Crippen molar-refractivity contribution in [1.82, 2.24) is 19.7 Å². The Morgan fingerprint density at radius 3 is 2.91 bits per heavy atom. The standard InChI is InChI=1S/C17H17ClN4O/c1-11-7-12(8-20-17(11)23-13-3-2-4-13)9-22-10-14-15(21-22)5-6-19-16(14)18/h5-8,10,13H,2-4,9H2,1H3. The fourth-order valence-corrected chi connectivity index (χ4v) is 2.91. The van der Waals surface area contributed by atoms with Crippen LogP contribution in [0.2, 0.25) is 5.15 Å². The summed E-state index contributed by atoms with van der Waals surface area (Å²) in [6.07, 6.45) is 9.31. The predicted molar refractivity (Wildman–Crippen MR) is 88.9 cm³/mol. The summed E-state index contributed by atoms with van der Waals surface area (Å²) >= 11 is 6.09. The first kappa shape index (κ1) is 14.5. The normalized spacial score (nSPS) is 14.9. The third-order valence-corrected chi connectivity index (χ3v) is 4.50. The van der Waals surface area contributed by atoms with Crippen LogP contribution in [0.3, 0.4) is 0 Å². The topological polar surface area (TPSA) is 52.8 Å². The fraction of sp³-hybridized carbons (Fsp3) is 0.353. The lowest BCUT2D eigenvalue weighted by atomic mass is 9.96. The Bertz CT molecular complexity index is 857. The van der Waals surface area contributed by atoms with Gasteiger partial charge in [0.15, 0.2) is 0 Å². The Kier molecular flexibility index (Phi) is 3.65. The van der Waals surface area contributed by atoms with Gasteiger partial charge >= 0.3 is 0 Å². The van der Waals surface area contributed by atoms with E-state index in [1.54, 1.807) is 6.20 Å². The second-order valence-electron chi connectivity index (χ2n) is 6.00. The molecule has 0 N–H and O–H groups in total. The van der Waals surface area contributed by atoms with Gasteiger partial charge in [0, 0.05) is 24.2 Å². The molecule has 4 rings (SSSR count). The van der Waals surface area contributed by atoms with Crippen LogP contribution in [0.25, 0.3) is 10.9 Å². The van der Waals surface area contributed by atoms with E-state index >= 15 is 0 Å². The summed E-state index contributed by atoms with van der Waals surface area (Å²) in [6, 6.07) is 3.96. The molecule has 0 bridgehead atoms. The zero-order valence-electron chi connectivity index (χ0n) is 12.9. The quantitative estimate of drug-likeness (QED) is 0.684. The lowest BCUT2D eigenvalue weighted by Crippen LogP contribution is -2.25. The minimum atomic E-state index is 0.345. The zero-order valence-corrected chi connectivity index (χ0v) is 13.6. The van der Waals surface area contributed by atoms with E-state index in [2.05, 4.69) is 21.1 Å². The highest BCUT2D eigenvalue weighted by Crippen LogP contribution is 2.26. The molecule has 0 unspecified atom stereocenters. The van der Waals surface area contributed by atoms with Crippen LogP contribution in [-0.2, 0) is 6.54 Å². The fourth-order valence-electron chi connectivity index (χ4n) is 2.71. The first-order chi connectivity index (χ1) is 11.2. The van der Waals surface area contributed by atoms with Crippen LogP contribution < -0.4 is 4.74 Å². The van der Waals surface area contributed by atoms with Gasteiger partial charge in [0.25, 0.3) is 0 Å². The van der Waals surface area contributed by atoms with E-state index < -0.39 is 0 Å². The Labute approximate surface area is 139 Å². The van der Waals surface area contributed by atoms with Crippen molar-refractivity contribution in [2.24, 2.45) is 0 Å². The van der Waals surface area contributed by atoms with Gasteiger partial charge in [0.05, 0.1) is 17.4 Å². The van der Waals surface area contributed by atoms with Crippen LogP contribution in [0.5, 0.6) is 5.88 Å². The summed E-state index contributed by atoms with van der Waals surface area (Å²) < 4.78 is 7.75. The molecular formula is C17H17ClN4O. The van der Waals surface area contributed by atoms with Gasteiger partial charge in [0.1, 0.15) is 11.3 Å². The molecule has 1 saturated carbocycles. The van der Waals surface area contributed by atoms with Crippen LogP contribution in [0.1, 0.15) is 30.4 Å². The van der Waals surface area contributed by atoms with Gasteiger partial charge in [-0.2, -0.15) is 5.10 Å². The van der Waals surface area contributed by atoms with Crippen molar-refractivity contribution in [1.29, 1.82) is 0 Å². The molecule has 3 heterocycles. The van der Waals surface area contributed by atoms with Crippen molar-refractivity contribution in [3.8, 4) is 5.88 Å². The molecule has 5 nitrogen and oxygen atoms in total. The Balaban J connectivity index is 1.55. The molecule has 0 saturated heterocycles.